The van der Waals surface area contributed by atoms with Gasteiger partial charge in [-0.3, -0.25) is 14.4 Å². The fourth-order valence-electron chi connectivity index (χ4n) is 3.48. The van der Waals surface area contributed by atoms with E-state index in [-0.39, 0.29) is 30.8 Å². The largest absolute Gasteiger partial charge is 0.485 e. The molecule has 7 heteroatoms. The van der Waals surface area contributed by atoms with E-state index < -0.39 is 0 Å². The van der Waals surface area contributed by atoms with E-state index in [4.69, 9.17) is 9.47 Å². The molecule has 7 nitrogen and oxygen atoms in total. The maximum absolute atomic E-state index is 12.8. The van der Waals surface area contributed by atoms with Crippen LogP contribution < -0.4 is 19.7 Å². The molecular weight excluding hydrogens is 408 g/mol. The van der Waals surface area contributed by atoms with Gasteiger partial charge < -0.3 is 19.7 Å². The van der Waals surface area contributed by atoms with Crippen molar-refractivity contribution in [2.75, 3.05) is 31.2 Å². The molecule has 2 amide bonds. The Hall–Kier alpha value is -3.35. The molecule has 170 valence electrons. The second-order valence-corrected chi connectivity index (χ2v) is 7.88. The van der Waals surface area contributed by atoms with Gasteiger partial charge in [-0.2, -0.15) is 0 Å². The van der Waals surface area contributed by atoms with Crippen LogP contribution in [0.4, 0.5) is 5.69 Å². The van der Waals surface area contributed by atoms with Gasteiger partial charge in [0.05, 0.1) is 5.69 Å². The first kappa shape index (κ1) is 23.3. The van der Waals surface area contributed by atoms with Gasteiger partial charge in [0.1, 0.15) is 11.5 Å². The molecule has 0 bridgehead atoms. The Labute approximate surface area is 188 Å². The van der Waals surface area contributed by atoms with Crippen LogP contribution in [0.15, 0.2) is 36.4 Å². The van der Waals surface area contributed by atoms with Crippen LogP contribution in [0.1, 0.15) is 47.7 Å². The first-order valence-electron chi connectivity index (χ1n) is 11.0. The molecule has 32 heavy (non-hydrogen) atoms. The summed E-state index contributed by atoms with van der Waals surface area (Å²) in [4.78, 5) is 38.7. The lowest BCUT2D eigenvalue weighted by atomic mass is 10.1. The van der Waals surface area contributed by atoms with Crippen LogP contribution in [-0.4, -0.2) is 43.9 Å². The number of carbonyl (C=O) groups excluding carboxylic acids is 3. The zero-order chi connectivity index (χ0) is 23.1. The highest BCUT2D eigenvalue weighted by molar-refractivity contribution is 6.02. The molecule has 0 spiro atoms. The molecule has 0 saturated heterocycles. The van der Waals surface area contributed by atoms with E-state index >= 15 is 0 Å². The fraction of sp³-hybridized carbons (Fsp3) is 0.400. The number of hydrogen-bond acceptors (Lipinski definition) is 5. The summed E-state index contributed by atoms with van der Waals surface area (Å²) in [6.07, 6.45) is 1.74. The van der Waals surface area contributed by atoms with Gasteiger partial charge in [0, 0.05) is 25.1 Å². The van der Waals surface area contributed by atoms with Crippen molar-refractivity contribution < 1.29 is 23.9 Å². The molecule has 2 aromatic rings. The van der Waals surface area contributed by atoms with Gasteiger partial charge in [0.25, 0.3) is 5.91 Å². The summed E-state index contributed by atoms with van der Waals surface area (Å²) in [6.45, 7) is 6.81. The van der Waals surface area contributed by atoms with Crippen LogP contribution in [0.3, 0.4) is 0 Å². The number of nitrogens with zero attached hydrogens (tertiary/aromatic N) is 1. The molecule has 0 atom stereocenters. The third kappa shape index (κ3) is 5.66. The maximum Gasteiger partial charge on any atom is 0.265 e. The smallest absolute Gasteiger partial charge is 0.265 e. The summed E-state index contributed by atoms with van der Waals surface area (Å²) in [7, 11) is 0. The van der Waals surface area contributed by atoms with Crippen molar-refractivity contribution in [2.45, 2.75) is 40.0 Å². The third-order valence-electron chi connectivity index (χ3n) is 5.50. The highest BCUT2D eigenvalue weighted by Gasteiger charge is 2.26. The van der Waals surface area contributed by atoms with Crippen LogP contribution in [0.5, 0.6) is 11.5 Å². The van der Waals surface area contributed by atoms with Crippen LogP contribution in [0, 0.1) is 13.8 Å². The predicted octanol–water partition coefficient (Wildman–Crippen LogP) is 3.60. The Morgan fingerprint density at radius 3 is 2.78 bits per heavy atom. The number of anilines is 1. The molecule has 3 rings (SSSR count). The van der Waals surface area contributed by atoms with Crippen molar-refractivity contribution in [2.24, 2.45) is 0 Å². The second kappa shape index (κ2) is 10.8. The molecule has 0 unspecified atom stereocenters. The van der Waals surface area contributed by atoms with Gasteiger partial charge >= 0.3 is 0 Å². The number of hydrogen-bond donors (Lipinski definition) is 1. The average Bonchev–Trinajstić information content (AvgIpc) is 2.79. The van der Waals surface area contributed by atoms with Crippen molar-refractivity contribution in [1.29, 1.82) is 0 Å². The highest BCUT2D eigenvalue weighted by Crippen LogP contribution is 2.33. The summed E-state index contributed by atoms with van der Waals surface area (Å²) >= 11 is 0. The summed E-state index contributed by atoms with van der Waals surface area (Å²) < 4.78 is 11.3. The number of Topliss-reactive ketones (excluding diaryl/α,β-unsaturated/α-hetero) is 1. The SMILES string of the molecule is CCCNC(=O)CCCN1C(=O)COc2ccc(C(=O)COc3cccc(C)c3C)cc21. The topological polar surface area (TPSA) is 84.9 Å². The minimum atomic E-state index is -0.192. The molecule has 1 heterocycles. The van der Waals surface area contributed by atoms with Gasteiger partial charge in [-0.25, -0.2) is 0 Å². The average molecular weight is 439 g/mol. The zero-order valence-corrected chi connectivity index (χ0v) is 18.9. The van der Waals surface area contributed by atoms with Gasteiger partial charge in [-0.1, -0.05) is 19.1 Å². The quantitative estimate of drug-likeness (QED) is 0.573. The Kier molecular flexibility index (Phi) is 7.87. The maximum atomic E-state index is 12.8. The number of fused-ring (bicyclic) bond motifs is 1. The zero-order valence-electron chi connectivity index (χ0n) is 18.9. The van der Waals surface area contributed by atoms with E-state index in [0.29, 0.717) is 48.7 Å². The Morgan fingerprint density at radius 2 is 2.00 bits per heavy atom. The standard InChI is InChI=1S/C25H30N2O5/c1-4-12-26-24(29)9-6-13-27-20-14-19(10-11-23(20)32-16-25(27)30)21(28)15-31-22-8-5-7-17(2)18(22)3/h5,7-8,10-11,14H,4,6,9,12-13,15-16H2,1-3H3,(H,26,29). The van der Waals surface area contributed by atoms with E-state index in [1.807, 2.05) is 39.0 Å². The van der Waals surface area contributed by atoms with E-state index in [1.54, 1.807) is 23.1 Å². The molecule has 0 aromatic heterocycles. The van der Waals surface area contributed by atoms with E-state index in [2.05, 4.69) is 5.32 Å². The number of aryl methyl sites for hydroxylation is 1. The van der Waals surface area contributed by atoms with Gasteiger partial charge in [-0.05, 0) is 62.1 Å². The van der Waals surface area contributed by atoms with Crippen molar-refractivity contribution in [3.05, 3.63) is 53.1 Å². The van der Waals surface area contributed by atoms with Crippen molar-refractivity contribution >= 4 is 23.3 Å². The van der Waals surface area contributed by atoms with Gasteiger partial charge in [-0.15, -0.1) is 0 Å². The van der Waals surface area contributed by atoms with E-state index in [9.17, 15) is 14.4 Å². The second-order valence-electron chi connectivity index (χ2n) is 7.88. The number of ketones is 1. The van der Waals surface area contributed by atoms with Crippen molar-refractivity contribution in [3.63, 3.8) is 0 Å². The van der Waals surface area contributed by atoms with Crippen LogP contribution >= 0.6 is 0 Å². The number of carbonyl (C=O) groups is 3. The first-order valence-corrected chi connectivity index (χ1v) is 11.0. The van der Waals surface area contributed by atoms with Crippen LogP contribution in [0.2, 0.25) is 0 Å². The normalized spacial score (nSPS) is 12.7. The van der Waals surface area contributed by atoms with E-state index in [1.165, 1.54) is 0 Å². The lowest BCUT2D eigenvalue weighted by Crippen LogP contribution is -2.40. The number of rotatable bonds is 10. The summed E-state index contributed by atoms with van der Waals surface area (Å²) in [5, 5.41) is 2.83. The van der Waals surface area contributed by atoms with Gasteiger partial charge in [0.15, 0.2) is 19.0 Å². The van der Waals surface area contributed by atoms with Gasteiger partial charge in [0.2, 0.25) is 5.91 Å². The molecule has 0 saturated carbocycles. The summed E-state index contributed by atoms with van der Waals surface area (Å²) in [5.74, 6) is 0.818. The summed E-state index contributed by atoms with van der Waals surface area (Å²) in [6, 6.07) is 10.8. The number of benzene rings is 2. The lowest BCUT2D eigenvalue weighted by molar-refractivity contribution is -0.122. The Balaban J connectivity index is 1.67. The molecule has 1 aliphatic rings. The molecule has 1 aliphatic heterocycles. The van der Waals surface area contributed by atoms with Crippen LogP contribution in [0.25, 0.3) is 0 Å². The van der Waals surface area contributed by atoms with Crippen molar-refractivity contribution in [1.82, 2.24) is 5.32 Å². The molecular formula is C25H30N2O5. The summed E-state index contributed by atoms with van der Waals surface area (Å²) in [5.41, 5.74) is 3.09. The third-order valence-corrected chi connectivity index (χ3v) is 5.50. The van der Waals surface area contributed by atoms with E-state index in [0.717, 1.165) is 17.5 Å². The Bertz CT molecular complexity index is 1000. The molecule has 2 aromatic carbocycles. The Morgan fingerprint density at radius 1 is 1.19 bits per heavy atom. The van der Waals surface area contributed by atoms with Crippen LogP contribution in [-0.2, 0) is 9.59 Å². The van der Waals surface area contributed by atoms with Crippen molar-refractivity contribution in [3.8, 4) is 11.5 Å². The monoisotopic (exact) mass is 438 g/mol. The predicted molar refractivity (Wildman–Crippen MR) is 123 cm³/mol. The minimum Gasteiger partial charge on any atom is -0.485 e. The number of amides is 2. The molecule has 0 radical (unpaired) electrons. The molecule has 0 fully saturated rings. The fourth-order valence-corrected chi connectivity index (χ4v) is 3.48. The minimum absolute atomic E-state index is 0.0275. The number of ether oxygens (including phenoxy) is 2. The molecule has 1 N–H and O–H groups in total. The highest BCUT2D eigenvalue weighted by atomic mass is 16.5. The molecule has 0 aliphatic carbocycles. The number of nitrogens with one attached hydrogen (secondary N) is 1. The first-order chi connectivity index (χ1) is 15.4. The lowest BCUT2D eigenvalue weighted by Gasteiger charge is -2.29.